The Hall–Kier alpha value is -1.42. The largest absolute Gasteiger partial charge is 0.381 e. The maximum atomic E-state index is 5.70. The topological polar surface area (TPSA) is 39.9 Å². The maximum absolute atomic E-state index is 5.70. The van der Waals surface area contributed by atoms with Crippen LogP contribution in [-0.4, -0.2) is 27.7 Å². The Morgan fingerprint density at radius 1 is 1.10 bits per heavy atom. The molecule has 0 radical (unpaired) electrons. The van der Waals surface area contributed by atoms with Crippen molar-refractivity contribution in [3.8, 4) is 0 Å². The van der Waals surface area contributed by atoms with Gasteiger partial charge in [0.1, 0.15) is 11.3 Å². The first kappa shape index (κ1) is 13.3. The Balaban J connectivity index is 1.79. The third-order valence-corrected chi connectivity index (χ3v) is 4.94. The van der Waals surface area contributed by atoms with Gasteiger partial charge in [0.05, 0.1) is 6.61 Å². The Bertz CT molecular complexity index is 610. The van der Waals surface area contributed by atoms with Crippen molar-refractivity contribution in [1.82, 2.24) is 14.5 Å². The third kappa shape index (κ3) is 2.46. The minimum absolute atomic E-state index is 0.440. The van der Waals surface area contributed by atoms with Crippen LogP contribution >= 0.6 is 0 Å². The van der Waals surface area contributed by atoms with Gasteiger partial charge >= 0.3 is 0 Å². The van der Waals surface area contributed by atoms with E-state index in [1.165, 1.54) is 44.3 Å². The minimum atomic E-state index is 0.440. The van der Waals surface area contributed by atoms with Gasteiger partial charge in [0.25, 0.3) is 0 Å². The molecule has 1 unspecified atom stereocenters. The lowest BCUT2D eigenvalue weighted by molar-refractivity contribution is 0.0763. The van der Waals surface area contributed by atoms with E-state index in [9.17, 15) is 0 Å². The fraction of sp³-hybridized carbons (Fsp3) is 0.647. The lowest BCUT2D eigenvalue weighted by atomic mass is 9.94. The molecule has 4 nitrogen and oxygen atoms in total. The minimum Gasteiger partial charge on any atom is -0.381 e. The van der Waals surface area contributed by atoms with E-state index >= 15 is 0 Å². The number of nitrogens with zero attached hydrogens (tertiary/aromatic N) is 3. The fourth-order valence-electron chi connectivity index (χ4n) is 3.88. The molecule has 1 aliphatic carbocycles. The molecule has 2 aromatic heterocycles. The monoisotopic (exact) mass is 285 g/mol. The quantitative estimate of drug-likeness (QED) is 0.842. The second kappa shape index (κ2) is 5.76. The molecule has 4 heteroatoms. The van der Waals surface area contributed by atoms with E-state index in [1.54, 1.807) is 0 Å². The SMILES string of the molecule is c1cnc2c(c1)nc(C1CCCOC1)n2C1CCCCC1. The molecule has 1 saturated carbocycles. The van der Waals surface area contributed by atoms with Crippen LogP contribution in [0.1, 0.15) is 62.7 Å². The van der Waals surface area contributed by atoms with Gasteiger partial charge in [-0.15, -0.1) is 0 Å². The number of rotatable bonds is 2. The fourth-order valence-corrected chi connectivity index (χ4v) is 3.88. The third-order valence-electron chi connectivity index (χ3n) is 4.94. The second-order valence-electron chi connectivity index (χ2n) is 6.39. The summed E-state index contributed by atoms with van der Waals surface area (Å²) < 4.78 is 8.15. The zero-order valence-corrected chi connectivity index (χ0v) is 12.5. The van der Waals surface area contributed by atoms with Crippen LogP contribution in [0.15, 0.2) is 18.3 Å². The Morgan fingerprint density at radius 3 is 2.81 bits per heavy atom. The van der Waals surface area contributed by atoms with E-state index in [1.807, 2.05) is 12.3 Å². The average molecular weight is 285 g/mol. The summed E-state index contributed by atoms with van der Waals surface area (Å²) >= 11 is 0. The molecule has 0 bridgehead atoms. The van der Waals surface area contributed by atoms with Crippen molar-refractivity contribution in [3.63, 3.8) is 0 Å². The first-order chi connectivity index (χ1) is 10.4. The van der Waals surface area contributed by atoms with Crippen molar-refractivity contribution < 1.29 is 4.74 Å². The maximum Gasteiger partial charge on any atom is 0.160 e. The number of fused-ring (bicyclic) bond motifs is 1. The van der Waals surface area contributed by atoms with Crippen molar-refractivity contribution in [2.75, 3.05) is 13.2 Å². The summed E-state index contributed by atoms with van der Waals surface area (Å²) in [5.74, 6) is 1.66. The van der Waals surface area contributed by atoms with Crippen molar-refractivity contribution in [1.29, 1.82) is 0 Å². The van der Waals surface area contributed by atoms with Crippen LogP contribution in [0, 0.1) is 0 Å². The normalized spacial score (nSPS) is 24.5. The molecule has 0 amide bonds. The highest BCUT2D eigenvalue weighted by atomic mass is 16.5. The van der Waals surface area contributed by atoms with Gasteiger partial charge < -0.3 is 9.30 Å². The van der Waals surface area contributed by atoms with E-state index in [2.05, 4.69) is 15.6 Å². The van der Waals surface area contributed by atoms with Gasteiger partial charge in [-0.25, -0.2) is 9.97 Å². The van der Waals surface area contributed by atoms with Crippen molar-refractivity contribution in [2.24, 2.45) is 0 Å². The molecule has 2 aliphatic rings. The highest BCUT2D eigenvalue weighted by Gasteiger charge is 2.27. The molecular formula is C17H23N3O. The van der Waals surface area contributed by atoms with Crippen molar-refractivity contribution >= 4 is 11.2 Å². The molecule has 1 saturated heterocycles. The first-order valence-electron chi connectivity index (χ1n) is 8.34. The molecule has 1 aliphatic heterocycles. The lowest BCUT2D eigenvalue weighted by Crippen LogP contribution is -2.23. The van der Waals surface area contributed by atoms with Gasteiger partial charge in [0.2, 0.25) is 0 Å². The lowest BCUT2D eigenvalue weighted by Gasteiger charge is -2.28. The first-order valence-corrected chi connectivity index (χ1v) is 8.34. The molecule has 112 valence electrons. The number of ether oxygens (including phenoxy) is 1. The molecule has 4 rings (SSSR count). The predicted molar refractivity (Wildman–Crippen MR) is 82.4 cm³/mol. The van der Waals surface area contributed by atoms with Gasteiger partial charge in [-0.1, -0.05) is 19.3 Å². The average Bonchev–Trinajstić information content (AvgIpc) is 2.96. The summed E-state index contributed by atoms with van der Waals surface area (Å²) in [6.45, 7) is 1.72. The summed E-state index contributed by atoms with van der Waals surface area (Å²) in [4.78, 5) is 9.56. The molecule has 0 aromatic carbocycles. The van der Waals surface area contributed by atoms with Crippen molar-refractivity contribution in [3.05, 3.63) is 24.2 Å². The van der Waals surface area contributed by atoms with Gasteiger partial charge in [0, 0.05) is 24.8 Å². The van der Waals surface area contributed by atoms with Crippen LogP contribution < -0.4 is 0 Å². The van der Waals surface area contributed by atoms with Crippen LogP contribution in [0.3, 0.4) is 0 Å². The summed E-state index contributed by atoms with van der Waals surface area (Å²) in [7, 11) is 0. The molecular weight excluding hydrogens is 262 g/mol. The Kier molecular flexibility index (Phi) is 3.63. The molecule has 3 heterocycles. The van der Waals surface area contributed by atoms with Gasteiger partial charge in [-0.3, -0.25) is 0 Å². The zero-order chi connectivity index (χ0) is 14.1. The Labute approximate surface area is 125 Å². The van der Waals surface area contributed by atoms with E-state index < -0.39 is 0 Å². The molecule has 2 aromatic rings. The molecule has 0 N–H and O–H groups in total. The van der Waals surface area contributed by atoms with Gasteiger partial charge in [0.15, 0.2) is 5.65 Å². The molecule has 2 fully saturated rings. The molecule has 0 spiro atoms. The van der Waals surface area contributed by atoms with Crippen LogP contribution in [0.25, 0.3) is 11.2 Å². The summed E-state index contributed by atoms with van der Waals surface area (Å²) in [6, 6.07) is 4.66. The van der Waals surface area contributed by atoms with Crippen LogP contribution in [0.4, 0.5) is 0 Å². The zero-order valence-electron chi connectivity index (χ0n) is 12.5. The summed E-state index contributed by atoms with van der Waals surface area (Å²) in [5.41, 5.74) is 2.12. The molecule has 1 atom stereocenters. The van der Waals surface area contributed by atoms with E-state index in [4.69, 9.17) is 9.72 Å². The second-order valence-corrected chi connectivity index (χ2v) is 6.39. The van der Waals surface area contributed by atoms with Crippen LogP contribution in [0.2, 0.25) is 0 Å². The standard InChI is InChI=1S/C17H23N3O/c1-2-7-14(8-3-1)20-16(13-6-5-11-21-12-13)19-15-9-4-10-18-17(15)20/h4,9-10,13-14H,1-3,5-8,11-12H2. The van der Waals surface area contributed by atoms with E-state index in [-0.39, 0.29) is 0 Å². The highest BCUT2D eigenvalue weighted by Crippen LogP contribution is 2.35. The molecule has 21 heavy (non-hydrogen) atoms. The van der Waals surface area contributed by atoms with E-state index in [0.29, 0.717) is 12.0 Å². The van der Waals surface area contributed by atoms with Crippen molar-refractivity contribution in [2.45, 2.75) is 56.9 Å². The van der Waals surface area contributed by atoms with Crippen LogP contribution in [0.5, 0.6) is 0 Å². The number of hydrogen-bond acceptors (Lipinski definition) is 3. The Morgan fingerprint density at radius 2 is 2.00 bits per heavy atom. The summed E-state index contributed by atoms with van der Waals surface area (Å²) in [6.07, 6.45) is 10.8. The summed E-state index contributed by atoms with van der Waals surface area (Å²) in [5, 5.41) is 0. The number of hydrogen-bond donors (Lipinski definition) is 0. The van der Waals surface area contributed by atoms with Gasteiger partial charge in [-0.05, 0) is 37.8 Å². The highest BCUT2D eigenvalue weighted by molar-refractivity contribution is 5.71. The predicted octanol–water partition coefficient (Wildman–Crippen LogP) is 3.83. The number of pyridine rings is 1. The smallest absolute Gasteiger partial charge is 0.160 e. The van der Waals surface area contributed by atoms with E-state index in [0.717, 1.165) is 30.8 Å². The van der Waals surface area contributed by atoms with Gasteiger partial charge in [-0.2, -0.15) is 0 Å². The van der Waals surface area contributed by atoms with Crippen LogP contribution in [-0.2, 0) is 4.74 Å². The number of imidazole rings is 1. The number of aromatic nitrogens is 3.